The van der Waals surface area contributed by atoms with Crippen molar-refractivity contribution in [3.63, 3.8) is 0 Å². The Labute approximate surface area is 147 Å². The Balaban J connectivity index is 1.69. The Morgan fingerprint density at radius 1 is 1.12 bits per heavy atom. The summed E-state index contributed by atoms with van der Waals surface area (Å²) in [5, 5.41) is 10.6. The van der Waals surface area contributed by atoms with Gasteiger partial charge in [0, 0.05) is 37.4 Å². The number of nitrogens with zero attached hydrogens (tertiary/aromatic N) is 4. The van der Waals surface area contributed by atoms with Crippen molar-refractivity contribution in [3.05, 3.63) is 52.4 Å². The molecule has 1 unspecified atom stereocenters. The Kier molecular flexibility index (Phi) is 5.33. The molecule has 1 atom stereocenters. The summed E-state index contributed by atoms with van der Waals surface area (Å²) in [6.45, 7) is 7.58. The SMILES string of the molecule is Cc1cnc(C)c(N2CCN(C(CO)c3ccc(Cl)cc3)CC2)n1. The van der Waals surface area contributed by atoms with E-state index in [9.17, 15) is 5.11 Å². The second-order valence-corrected chi connectivity index (χ2v) is 6.63. The van der Waals surface area contributed by atoms with E-state index in [1.165, 1.54) is 0 Å². The van der Waals surface area contributed by atoms with Crippen LogP contribution in [0.4, 0.5) is 5.82 Å². The lowest BCUT2D eigenvalue weighted by Gasteiger charge is -2.39. The molecule has 1 aliphatic rings. The van der Waals surface area contributed by atoms with Gasteiger partial charge < -0.3 is 10.0 Å². The number of rotatable bonds is 4. The van der Waals surface area contributed by atoms with Crippen molar-refractivity contribution in [3.8, 4) is 0 Å². The quantitative estimate of drug-likeness (QED) is 0.922. The lowest BCUT2D eigenvalue weighted by Crippen LogP contribution is -2.49. The van der Waals surface area contributed by atoms with E-state index in [0.29, 0.717) is 5.02 Å². The van der Waals surface area contributed by atoms with Gasteiger partial charge in [-0.2, -0.15) is 0 Å². The van der Waals surface area contributed by atoms with Gasteiger partial charge in [-0.05, 0) is 31.5 Å². The number of hydrogen-bond acceptors (Lipinski definition) is 5. The van der Waals surface area contributed by atoms with Crippen LogP contribution in [0.25, 0.3) is 0 Å². The summed E-state index contributed by atoms with van der Waals surface area (Å²) in [4.78, 5) is 13.6. The first kappa shape index (κ1) is 17.1. The number of piperazine rings is 1. The zero-order valence-electron chi connectivity index (χ0n) is 14.1. The van der Waals surface area contributed by atoms with Gasteiger partial charge in [0.1, 0.15) is 5.82 Å². The summed E-state index contributed by atoms with van der Waals surface area (Å²) >= 11 is 5.96. The first-order valence-corrected chi connectivity index (χ1v) is 8.62. The number of halogens is 1. The maximum absolute atomic E-state index is 9.85. The minimum Gasteiger partial charge on any atom is -0.394 e. The van der Waals surface area contributed by atoms with E-state index in [1.807, 2.05) is 38.1 Å². The van der Waals surface area contributed by atoms with Gasteiger partial charge in [-0.25, -0.2) is 4.98 Å². The molecular weight excluding hydrogens is 324 g/mol. The van der Waals surface area contributed by atoms with Gasteiger partial charge in [0.2, 0.25) is 0 Å². The van der Waals surface area contributed by atoms with Crippen LogP contribution < -0.4 is 4.90 Å². The summed E-state index contributed by atoms with van der Waals surface area (Å²) in [6.07, 6.45) is 1.80. The first-order valence-electron chi connectivity index (χ1n) is 8.24. The third-order valence-corrected chi connectivity index (χ3v) is 4.79. The average Bonchev–Trinajstić information content (AvgIpc) is 2.60. The number of hydrogen-bond donors (Lipinski definition) is 1. The molecule has 24 heavy (non-hydrogen) atoms. The second-order valence-electron chi connectivity index (χ2n) is 6.19. The van der Waals surface area contributed by atoms with Crippen molar-refractivity contribution in [2.75, 3.05) is 37.7 Å². The number of aromatic nitrogens is 2. The van der Waals surface area contributed by atoms with Crippen molar-refractivity contribution in [1.29, 1.82) is 0 Å². The van der Waals surface area contributed by atoms with E-state index in [4.69, 9.17) is 11.6 Å². The Morgan fingerprint density at radius 2 is 1.79 bits per heavy atom. The van der Waals surface area contributed by atoms with Crippen LogP contribution in [0.2, 0.25) is 5.02 Å². The predicted molar refractivity (Wildman–Crippen MR) is 96.6 cm³/mol. The summed E-state index contributed by atoms with van der Waals surface area (Å²) in [6, 6.07) is 7.75. The molecule has 5 nitrogen and oxygen atoms in total. The van der Waals surface area contributed by atoms with Gasteiger partial charge in [-0.1, -0.05) is 23.7 Å². The van der Waals surface area contributed by atoms with E-state index in [-0.39, 0.29) is 12.6 Å². The molecule has 1 N–H and O–H groups in total. The lowest BCUT2D eigenvalue weighted by molar-refractivity contribution is 0.117. The van der Waals surface area contributed by atoms with Gasteiger partial charge in [0.05, 0.1) is 24.0 Å². The minimum absolute atomic E-state index is 0.00843. The lowest BCUT2D eigenvalue weighted by atomic mass is 10.1. The molecule has 1 fully saturated rings. The first-order chi connectivity index (χ1) is 11.6. The smallest absolute Gasteiger partial charge is 0.150 e. The highest BCUT2D eigenvalue weighted by molar-refractivity contribution is 6.30. The van der Waals surface area contributed by atoms with E-state index in [0.717, 1.165) is 48.9 Å². The Bertz CT molecular complexity index is 684. The zero-order chi connectivity index (χ0) is 17.1. The topological polar surface area (TPSA) is 52.5 Å². The van der Waals surface area contributed by atoms with Gasteiger partial charge in [0.15, 0.2) is 0 Å². The van der Waals surface area contributed by atoms with Crippen molar-refractivity contribution in [2.45, 2.75) is 19.9 Å². The summed E-state index contributed by atoms with van der Waals surface area (Å²) in [5.74, 6) is 0.974. The maximum atomic E-state index is 9.85. The Morgan fingerprint density at radius 3 is 2.42 bits per heavy atom. The van der Waals surface area contributed by atoms with Crippen molar-refractivity contribution in [2.24, 2.45) is 0 Å². The molecule has 0 aliphatic carbocycles. The van der Waals surface area contributed by atoms with Crippen LogP contribution >= 0.6 is 11.6 Å². The number of aliphatic hydroxyl groups is 1. The third-order valence-electron chi connectivity index (χ3n) is 4.53. The van der Waals surface area contributed by atoms with Crippen molar-refractivity contribution >= 4 is 17.4 Å². The largest absolute Gasteiger partial charge is 0.394 e. The minimum atomic E-state index is 0.00843. The fourth-order valence-electron chi connectivity index (χ4n) is 3.19. The van der Waals surface area contributed by atoms with Crippen molar-refractivity contribution < 1.29 is 5.11 Å². The molecule has 2 heterocycles. The van der Waals surface area contributed by atoms with Crippen LogP contribution in [0.5, 0.6) is 0 Å². The molecule has 0 saturated carbocycles. The monoisotopic (exact) mass is 346 g/mol. The van der Waals surface area contributed by atoms with Gasteiger partial charge in [0.25, 0.3) is 0 Å². The van der Waals surface area contributed by atoms with Crippen LogP contribution in [-0.2, 0) is 0 Å². The molecule has 2 aromatic rings. The summed E-state index contributed by atoms with van der Waals surface area (Å²) < 4.78 is 0. The maximum Gasteiger partial charge on any atom is 0.150 e. The molecule has 1 saturated heterocycles. The van der Waals surface area contributed by atoms with Crippen molar-refractivity contribution in [1.82, 2.24) is 14.9 Å². The van der Waals surface area contributed by atoms with Gasteiger partial charge in [-0.3, -0.25) is 9.88 Å². The number of aryl methyl sites for hydroxylation is 2. The molecular formula is C18H23ClN4O. The molecule has 0 amide bonds. The summed E-state index contributed by atoms with van der Waals surface area (Å²) in [7, 11) is 0. The third kappa shape index (κ3) is 3.69. The van der Waals surface area contributed by atoms with Gasteiger partial charge >= 0.3 is 0 Å². The normalized spacial score (nSPS) is 17.1. The Hall–Kier alpha value is -1.69. The molecule has 0 radical (unpaired) electrons. The van der Waals surface area contributed by atoms with E-state index in [1.54, 1.807) is 6.20 Å². The highest BCUT2D eigenvalue weighted by Gasteiger charge is 2.26. The molecule has 1 aromatic carbocycles. The van der Waals surface area contributed by atoms with Crippen LogP contribution in [-0.4, -0.2) is 52.8 Å². The standard InChI is InChI=1S/C18H23ClN4O/c1-13-11-20-14(2)18(21-13)23-9-7-22(8-10-23)17(12-24)15-3-5-16(19)6-4-15/h3-6,11,17,24H,7-10,12H2,1-2H3. The van der Waals surface area contributed by atoms with E-state index < -0.39 is 0 Å². The number of benzene rings is 1. The fourth-order valence-corrected chi connectivity index (χ4v) is 3.31. The zero-order valence-corrected chi connectivity index (χ0v) is 14.9. The summed E-state index contributed by atoms with van der Waals surface area (Å²) in [5.41, 5.74) is 3.00. The highest BCUT2D eigenvalue weighted by atomic mass is 35.5. The van der Waals surface area contributed by atoms with Crippen LogP contribution in [0.1, 0.15) is 23.0 Å². The second kappa shape index (κ2) is 7.47. The fraction of sp³-hybridized carbons (Fsp3) is 0.444. The van der Waals surface area contributed by atoms with Crippen LogP contribution in [0.15, 0.2) is 30.5 Å². The van der Waals surface area contributed by atoms with Gasteiger partial charge in [-0.15, -0.1) is 0 Å². The molecule has 0 spiro atoms. The van der Waals surface area contributed by atoms with E-state index in [2.05, 4.69) is 19.8 Å². The molecule has 6 heteroatoms. The number of anilines is 1. The molecule has 0 bridgehead atoms. The highest BCUT2D eigenvalue weighted by Crippen LogP contribution is 2.25. The molecule has 128 valence electrons. The van der Waals surface area contributed by atoms with E-state index >= 15 is 0 Å². The molecule has 3 rings (SSSR count). The number of aliphatic hydroxyl groups excluding tert-OH is 1. The van der Waals surface area contributed by atoms with Crippen LogP contribution in [0, 0.1) is 13.8 Å². The molecule has 1 aromatic heterocycles. The molecule has 1 aliphatic heterocycles. The average molecular weight is 347 g/mol. The van der Waals surface area contributed by atoms with Crippen LogP contribution in [0.3, 0.4) is 0 Å². The predicted octanol–water partition coefficient (Wildman–Crippen LogP) is 2.60.